The number of nitrogens with zero attached hydrogens (tertiary/aromatic N) is 3. The van der Waals surface area contributed by atoms with Gasteiger partial charge in [-0.3, -0.25) is 4.79 Å². The lowest BCUT2D eigenvalue weighted by Gasteiger charge is -2.22. The van der Waals surface area contributed by atoms with Crippen LogP contribution in [0.2, 0.25) is 0 Å². The van der Waals surface area contributed by atoms with Crippen LogP contribution in [0.25, 0.3) is 0 Å². The van der Waals surface area contributed by atoms with Crippen molar-refractivity contribution in [3.05, 3.63) is 12.4 Å². The third-order valence-electron chi connectivity index (χ3n) is 2.23. The minimum atomic E-state index is -0.840. The number of nitrogens with one attached hydrogen (secondary N) is 1. The van der Waals surface area contributed by atoms with Crippen LogP contribution in [0.15, 0.2) is 12.4 Å². The summed E-state index contributed by atoms with van der Waals surface area (Å²) in [6.45, 7) is 4.09. The molecule has 1 atom stereocenters. The van der Waals surface area contributed by atoms with Crippen LogP contribution in [0.5, 0.6) is 0 Å². The number of carbonyl (C=O) groups is 1. The van der Waals surface area contributed by atoms with E-state index >= 15 is 0 Å². The zero-order chi connectivity index (χ0) is 12.0. The maximum Gasteiger partial charge on any atom is 0.241 e. The zero-order valence-electron chi connectivity index (χ0n) is 9.68. The predicted octanol–water partition coefficient (Wildman–Crippen LogP) is -0.0546. The maximum absolute atomic E-state index is 11.5. The number of aliphatic hydroxyl groups is 1. The SMILES string of the molecule is CCCC(C)(O)CNC(=O)Cn1ccnn1. The van der Waals surface area contributed by atoms with Gasteiger partial charge in [-0.25, -0.2) is 4.68 Å². The van der Waals surface area contributed by atoms with Crippen molar-refractivity contribution in [2.45, 2.75) is 38.8 Å². The van der Waals surface area contributed by atoms with E-state index in [9.17, 15) is 9.90 Å². The quantitative estimate of drug-likeness (QED) is 0.712. The Labute approximate surface area is 94.7 Å². The van der Waals surface area contributed by atoms with E-state index in [4.69, 9.17) is 0 Å². The molecule has 0 fully saturated rings. The van der Waals surface area contributed by atoms with Gasteiger partial charge in [0.15, 0.2) is 0 Å². The van der Waals surface area contributed by atoms with Crippen molar-refractivity contribution in [3.8, 4) is 0 Å². The van der Waals surface area contributed by atoms with Crippen LogP contribution in [0.4, 0.5) is 0 Å². The summed E-state index contributed by atoms with van der Waals surface area (Å²) in [4.78, 5) is 11.5. The Bertz CT molecular complexity index is 322. The molecule has 16 heavy (non-hydrogen) atoms. The fourth-order valence-corrected chi connectivity index (χ4v) is 1.44. The van der Waals surface area contributed by atoms with E-state index in [-0.39, 0.29) is 19.0 Å². The van der Waals surface area contributed by atoms with Gasteiger partial charge < -0.3 is 10.4 Å². The van der Waals surface area contributed by atoms with Gasteiger partial charge in [-0.1, -0.05) is 18.6 Å². The standard InChI is InChI=1S/C10H18N4O2/c1-3-4-10(2,16)8-11-9(15)7-14-6-5-12-13-14/h5-6,16H,3-4,7-8H2,1-2H3,(H,11,15). The Morgan fingerprint density at radius 2 is 2.38 bits per heavy atom. The zero-order valence-corrected chi connectivity index (χ0v) is 9.68. The molecule has 1 aromatic heterocycles. The molecule has 0 spiro atoms. The lowest BCUT2D eigenvalue weighted by Crippen LogP contribution is -2.41. The molecule has 0 saturated carbocycles. The molecular weight excluding hydrogens is 208 g/mol. The molecule has 1 heterocycles. The summed E-state index contributed by atoms with van der Waals surface area (Å²) in [6, 6.07) is 0. The van der Waals surface area contributed by atoms with Crippen LogP contribution in [0, 0.1) is 0 Å². The van der Waals surface area contributed by atoms with Gasteiger partial charge in [-0.2, -0.15) is 0 Å². The number of carbonyl (C=O) groups excluding carboxylic acids is 1. The molecule has 0 aromatic carbocycles. The molecule has 0 saturated heterocycles. The van der Waals surface area contributed by atoms with E-state index in [1.165, 1.54) is 10.9 Å². The highest BCUT2D eigenvalue weighted by molar-refractivity contribution is 5.75. The first-order valence-electron chi connectivity index (χ1n) is 5.37. The number of hydrogen-bond acceptors (Lipinski definition) is 4. The van der Waals surface area contributed by atoms with Crippen LogP contribution in [-0.2, 0) is 11.3 Å². The van der Waals surface area contributed by atoms with Crippen molar-refractivity contribution in [2.75, 3.05) is 6.54 Å². The molecule has 1 rings (SSSR count). The number of aromatic nitrogens is 3. The molecule has 6 heteroatoms. The summed E-state index contributed by atoms with van der Waals surface area (Å²) in [6.07, 6.45) is 4.67. The minimum Gasteiger partial charge on any atom is -0.388 e. The van der Waals surface area contributed by atoms with Gasteiger partial charge in [0.25, 0.3) is 0 Å². The van der Waals surface area contributed by atoms with Gasteiger partial charge >= 0.3 is 0 Å². The van der Waals surface area contributed by atoms with Crippen LogP contribution in [0.3, 0.4) is 0 Å². The smallest absolute Gasteiger partial charge is 0.241 e. The fourth-order valence-electron chi connectivity index (χ4n) is 1.44. The van der Waals surface area contributed by atoms with Crippen molar-refractivity contribution in [3.63, 3.8) is 0 Å². The molecule has 1 amide bonds. The molecule has 0 aliphatic carbocycles. The van der Waals surface area contributed by atoms with Gasteiger partial charge in [-0.05, 0) is 13.3 Å². The van der Waals surface area contributed by atoms with Gasteiger partial charge in [0.2, 0.25) is 5.91 Å². The van der Waals surface area contributed by atoms with Gasteiger partial charge in [-0.15, -0.1) is 5.10 Å². The molecule has 6 nitrogen and oxygen atoms in total. The summed E-state index contributed by atoms with van der Waals surface area (Å²) < 4.78 is 1.43. The molecule has 0 aliphatic rings. The third-order valence-corrected chi connectivity index (χ3v) is 2.23. The third kappa shape index (κ3) is 4.39. The molecular formula is C10H18N4O2. The largest absolute Gasteiger partial charge is 0.388 e. The van der Waals surface area contributed by atoms with E-state index in [2.05, 4.69) is 15.6 Å². The molecule has 90 valence electrons. The van der Waals surface area contributed by atoms with E-state index in [0.717, 1.165) is 6.42 Å². The van der Waals surface area contributed by atoms with Crippen molar-refractivity contribution in [2.24, 2.45) is 0 Å². The highest BCUT2D eigenvalue weighted by Crippen LogP contribution is 2.09. The number of rotatable bonds is 6. The van der Waals surface area contributed by atoms with Crippen molar-refractivity contribution in [1.82, 2.24) is 20.3 Å². The normalized spacial score (nSPS) is 14.4. The second-order valence-electron chi connectivity index (χ2n) is 4.12. The number of amides is 1. The predicted molar refractivity (Wildman–Crippen MR) is 58.6 cm³/mol. The van der Waals surface area contributed by atoms with Gasteiger partial charge in [0.05, 0.1) is 11.8 Å². The van der Waals surface area contributed by atoms with E-state index in [1.54, 1.807) is 13.1 Å². The first kappa shape index (κ1) is 12.6. The van der Waals surface area contributed by atoms with Crippen LogP contribution in [-0.4, -0.2) is 38.2 Å². The molecule has 0 bridgehead atoms. The molecule has 1 unspecified atom stereocenters. The summed E-state index contributed by atoms with van der Waals surface area (Å²) in [5.74, 6) is -0.179. The van der Waals surface area contributed by atoms with E-state index in [1.807, 2.05) is 6.92 Å². The number of hydrogen-bond donors (Lipinski definition) is 2. The van der Waals surface area contributed by atoms with Crippen molar-refractivity contribution >= 4 is 5.91 Å². The maximum atomic E-state index is 11.5. The Balaban J connectivity index is 2.30. The average molecular weight is 226 g/mol. The summed E-state index contributed by atoms with van der Waals surface area (Å²) in [7, 11) is 0. The van der Waals surface area contributed by atoms with Crippen molar-refractivity contribution < 1.29 is 9.90 Å². The molecule has 0 aliphatic heterocycles. The van der Waals surface area contributed by atoms with Crippen LogP contribution < -0.4 is 5.32 Å². The average Bonchev–Trinajstić information content (AvgIpc) is 2.68. The monoisotopic (exact) mass is 226 g/mol. The molecule has 2 N–H and O–H groups in total. The topological polar surface area (TPSA) is 80.0 Å². The summed E-state index contributed by atoms with van der Waals surface area (Å²) >= 11 is 0. The van der Waals surface area contributed by atoms with Crippen LogP contribution >= 0.6 is 0 Å². The first-order chi connectivity index (χ1) is 7.53. The highest BCUT2D eigenvalue weighted by Gasteiger charge is 2.19. The van der Waals surface area contributed by atoms with E-state index in [0.29, 0.717) is 6.42 Å². The summed E-state index contributed by atoms with van der Waals surface area (Å²) in [5, 5.41) is 19.8. The Morgan fingerprint density at radius 1 is 1.62 bits per heavy atom. The van der Waals surface area contributed by atoms with Crippen molar-refractivity contribution in [1.29, 1.82) is 0 Å². The lowest BCUT2D eigenvalue weighted by atomic mass is 10.0. The highest BCUT2D eigenvalue weighted by atomic mass is 16.3. The second kappa shape index (κ2) is 5.60. The summed E-state index contributed by atoms with van der Waals surface area (Å²) in [5.41, 5.74) is -0.840. The Hall–Kier alpha value is -1.43. The van der Waals surface area contributed by atoms with E-state index < -0.39 is 5.60 Å². The Kier molecular flexibility index (Phi) is 4.42. The van der Waals surface area contributed by atoms with Gasteiger partial charge in [0.1, 0.15) is 6.54 Å². The molecule has 0 radical (unpaired) electrons. The first-order valence-corrected chi connectivity index (χ1v) is 5.37. The van der Waals surface area contributed by atoms with Crippen LogP contribution in [0.1, 0.15) is 26.7 Å². The molecule has 1 aromatic rings. The lowest BCUT2D eigenvalue weighted by molar-refractivity contribution is -0.123. The second-order valence-corrected chi connectivity index (χ2v) is 4.12. The minimum absolute atomic E-state index is 0.127. The Morgan fingerprint density at radius 3 is 2.94 bits per heavy atom. The van der Waals surface area contributed by atoms with Gasteiger partial charge in [0, 0.05) is 12.7 Å². The fraction of sp³-hybridized carbons (Fsp3) is 0.700.